The van der Waals surface area contributed by atoms with E-state index in [1.54, 1.807) is 0 Å². The third kappa shape index (κ3) is 5.05. The van der Waals surface area contributed by atoms with Gasteiger partial charge in [0.05, 0.1) is 12.2 Å². The van der Waals surface area contributed by atoms with Crippen molar-refractivity contribution in [3.8, 4) is 0 Å². The topological polar surface area (TPSA) is 24.5 Å². The highest BCUT2D eigenvalue weighted by atomic mass is 16.5. The minimum atomic E-state index is 0.220. The van der Waals surface area contributed by atoms with Gasteiger partial charge in [-0.15, -0.1) is 0 Å². The second kappa shape index (κ2) is 7.61. The molecule has 0 radical (unpaired) electrons. The molecule has 0 bridgehead atoms. The molecule has 2 rings (SSSR count). The van der Waals surface area contributed by atoms with E-state index in [-0.39, 0.29) is 5.60 Å². The largest absolute Gasteiger partial charge is 0.374 e. The van der Waals surface area contributed by atoms with Gasteiger partial charge in [-0.05, 0) is 58.2 Å². The molecule has 0 aromatic heterocycles. The van der Waals surface area contributed by atoms with Crippen LogP contribution in [0.2, 0.25) is 0 Å². The van der Waals surface area contributed by atoms with Crippen molar-refractivity contribution in [1.29, 1.82) is 0 Å². The predicted octanol–water partition coefficient (Wildman–Crippen LogP) is 2.80. The molecular formula is C16H32N2O. The van der Waals surface area contributed by atoms with Crippen LogP contribution < -0.4 is 5.32 Å². The Kier molecular flexibility index (Phi) is 6.11. The number of nitrogens with one attached hydrogen (secondary N) is 1. The monoisotopic (exact) mass is 268 g/mol. The fourth-order valence-corrected chi connectivity index (χ4v) is 3.20. The van der Waals surface area contributed by atoms with Crippen molar-refractivity contribution < 1.29 is 4.74 Å². The lowest BCUT2D eigenvalue weighted by Crippen LogP contribution is -2.45. The van der Waals surface area contributed by atoms with Gasteiger partial charge in [-0.25, -0.2) is 0 Å². The van der Waals surface area contributed by atoms with E-state index in [9.17, 15) is 0 Å². The van der Waals surface area contributed by atoms with Crippen LogP contribution in [0.3, 0.4) is 0 Å². The second-order valence-corrected chi connectivity index (χ2v) is 6.65. The summed E-state index contributed by atoms with van der Waals surface area (Å²) in [7, 11) is 0. The third-order valence-corrected chi connectivity index (χ3v) is 4.66. The van der Waals surface area contributed by atoms with Crippen LogP contribution in [0.4, 0.5) is 0 Å². The van der Waals surface area contributed by atoms with E-state index in [4.69, 9.17) is 4.74 Å². The van der Waals surface area contributed by atoms with Crippen LogP contribution >= 0.6 is 0 Å². The molecule has 112 valence electrons. The van der Waals surface area contributed by atoms with Gasteiger partial charge in [-0.2, -0.15) is 0 Å². The Morgan fingerprint density at radius 1 is 1.11 bits per heavy atom. The molecule has 1 saturated carbocycles. The lowest BCUT2D eigenvalue weighted by molar-refractivity contribution is -0.109. The average molecular weight is 268 g/mol. The van der Waals surface area contributed by atoms with E-state index >= 15 is 0 Å². The Labute approximate surface area is 119 Å². The van der Waals surface area contributed by atoms with Crippen LogP contribution in [0.25, 0.3) is 0 Å². The number of piperidine rings is 1. The van der Waals surface area contributed by atoms with Gasteiger partial charge in [0.2, 0.25) is 0 Å². The van der Waals surface area contributed by atoms with E-state index in [1.807, 2.05) is 0 Å². The summed E-state index contributed by atoms with van der Waals surface area (Å²) >= 11 is 0. The van der Waals surface area contributed by atoms with Crippen molar-refractivity contribution in [2.24, 2.45) is 0 Å². The fourth-order valence-electron chi connectivity index (χ4n) is 3.20. The molecule has 3 heteroatoms. The zero-order valence-electron chi connectivity index (χ0n) is 12.9. The Hall–Kier alpha value is -0.120. The third-order valence-electron chi connectivity index (χ3n) is 4.66. The molecule has 1 aliphatic heterocycles. The molecule has 3 nitrogen and oxygen atoms in total. The molecule has 0 atom stereocenters. The molecule has 19 heavy (non-hydrogen) atoms. The van der Waals surface area contributed by atoms with Crippen molar-refractivity contribution in [2.45, 2.75) is 70.4 Å². The van der Waals surface area contributed by atoms with Crippen LogP contribution in [0.15, 0.2) is 0 Å². The quantitative estimate of drug-likeness (QED) is 0.732. The van der Waals surface area contributed by atoms with Gasteiger partial charge in [0, 0.05) is 12.6 Å². The van der Waals surface area contributed by atoms with Crippen molar-refractivity contribution >= 4 is 0 Å². The van der Waals surface area contributed by atoms with Gasteiger partial charge in [-0.3, -0.25) is 0 Å². The smallest absolute Gasteiger partial charge is 0.0695 e. The van der Waals surface area contributed by atoms with Gasteiger partial charge in [-0.1, -0.05) is 20.3 Å². The standard InChI is InChI=1S/C16H32N2O/c1-15(2)17-10-9-16(7-6-8-16)19-14-13-18-11-4-3-5-12-18/h15,17H,3-14H2,1-2H3. The summed E-state index contributed by atoms with van der Waals surface area (Å²) in [5, 5.41) is 3.52. The molecule has 1 N–H and O–H groups in total. The number of likely N-dealkylation sites (tertiary alicyclic amines) is 1. The number of hydrogen-bond acceptors (Lipinski definition) is 3. The fraction of sp³-hybridized carbons (Fsp3) is 1.00. The van der Waals surface area contributed by atoms with Crippen LogP contribution in [-0.2, 0) is 4.74 Å². The molecule has 2 fully saturated rings. The summed E-state index contributed by atoms with van der Waals surface area (Å²) in [5.41, 5.74) is 0.220. The number of ether oxygens (including phenoxy) is 1. The predicted molar refractivity (Wildman–Crippen MR) is 80.6 cm³/mol. The summed E-state index contributed by atoms with van der Waals surface area (Å²) in [5.74, 6) is 0. The highest BCUT2D eigenvalue weighted by molar-refractivity contribution is 4.90. The molecule has 0 spiro atoms. The second-order valence-electron chi connectivity index (χ2n) is 6.65. The molecule has 0 aromatic carbocycles. The summed E-state index contributed by atoms with van der Waals surface area (Å²) in [4.78, 5) is 2.57. The van der Waals surface area contributed by atoms with Crippen molar-refractivity contribution in [3.05, 3.63) is 0 Å². The van der Waals surface area contributed by atoms with Crippen LogP contribution in [-0.4, -0.2) is 49.3 Å². The molecule has 0 amide bonds. The SMILES string of the molecule is CC(C)NCCC1(OCCN2CCCCC2)CCC1. The first kappa shape index (κ1) is 15.3. The molecule has 0 aromatic rings. The van der Waals surface area contributed by atoms with Crippen molar-refractivity contribution in [1.82, 2.24) is 10.2 Å². The van der Waals surface area contributed by atoms with Gasteiger partial charge >= 0.3 is 0 Å². The normalized spacial score (nSPS) is 23.5. The minimum Gasteiger partial charge on any atom is -0.374 e. The zero-order chi connectivity index (χ0) is 13.6. The molecule has 1 saturated heterocycles. The Morgan fingerprint density at radius 2 is 1.84 bits per heavy atom. The first-order valence-electron chi connectivity index (χ1n) is 8.30. The van der Waals surface area contributed by atoms with Crippen LogP contribution in [0.1, 0.15) is 58.8 Å². The molecule has 1 aliphatic carbocycles. The Balaban J connectivity index is 1.61. The summed E-state index contributed by atoms with van der Waals surface area (Å²) in [6, 6.07) is 0.588. The zero-order valence-corrected chi connectivity index (χ0v) is 12.9. The Bertz CT molecular complexity index is 245. The lowest BCUT2D eigenvalue weighted by atomic mass is 9.77. The Morgan fingerprint density at radius 3 is 2.42 bits per heavy atom. The van der Waals surface area contributed by atoms with E-state index in [0.29, 0.717) is 6.04 Å². The van der Waals surface area contributed by atoms with Gasteiger partial charge in [0.25, 0.3) is 0 Å². The average Bonchev–Trinajstić information content (AvgIpc) is 2.36. The maximum atomic E-state index is 6.27. The van der Waals surface area contributed by atoms with Gasteiger partial charge in [0.1, 0.15) is 0 Å². The highest BCUT2D eigenvalue weighted by Gasteiger charge is 2.37. The lowest BCUT2D eigenvalue weighted by Gasteiger charge is -2.42. The van der Waals surface area contributed by atoms with E-state index in [0.717, 1.165) is 19.7 Å². The minimum absolute atomic E-state index is 0.220. The van der Waals surface area contributed by atoms with E-state index in [2.05, 4.69) is 24.1 Å². The maximum Gasteiger partial charge on any atom is 0.0695 e. The molecule has 1 heterocycles. The van der Waals surface area contributed by atoms with Crippen LogP contribution in [0, 0.1) is 0 Å². The summed E-state index contributed by atoms with van der Waals surface area (Å²) < 4.78 is 6.27. The first-order valence-corrected chi connectivity index (χ1v) is 8.30. The molecule has 2 aliphatic rings. The van der Waals surface area contributed by atoms with E-state index < -0.39 is 0 Å². The first-order chi connectivity index (χ1) is 9.20. The summed E-state index contributed by atoms with van der Waals surface area (Å²) in [6.45, 7) is 10.2. The molecule has 0 unspecified atom stereocenters. The highest BCUT2D eigenvalue weighted by Crippen LogP contribution is 2.38. The van der Waals surface area contributed by atoms with Gasteiger partial charge < -0.3 is 15.0 Å². The number of hydrogen-bond donors (Lipinski definition) is 1. The van der Waals surface area contributed by atoms with Crippen molar-refractivity contribution in [2.75, 3.05) is 32.8 Å². The summed E-state index contributed by atoms with van der Waals surface area (Å²) in [6.07, 6.45) is 9.26. The maximum absolute atomic E-state index is 6.27. The molecular weight excluding hydrogens is 236 g/mol. The number of nitrogens with zero attached hydrogens (tertiary/aromatic N) is 1. The van der Waals surface area contributed by atoms with E-state index in [1.165, 1.54) is 58.0 Å². The van der Waals surface area contributed by atoms with Gasteiger partial charge in [0.15, 0.2) is 0 Å². The van der Waals surface area contributed by atoms with Crippen LogP contribution in [0.5, 0.6) is 0 Å². The number of rotatable bonds is 8. The van der Waals surface area contributed by atoms with Crippen molar-refractivity contribution in [3.63, 3.8) is 0 Å².